The monoisotopic (exact) mass is 266 g/mol. The number of amides is 2. The van der Waals surface area contributed by atoms with E-state index in [1.54, 1.807) is 31.9 Å². The first kappa shape index (κ1) is 14.6. The van der Waals surface area contributed by atoms with Crippen LogP contribution in [-0.2, 0) is 10.5 Å². The molecule has 0 fully saturated rings. The highest BCUT2D eigenvalue weighted by Gasteiger charge is 2.09. The molecule has 0 heterocycles. The number of rotatable bonds is 5. The summed E-state index contributed by atoms with van der Waals surface area (Å²) in [5, 5.41) is 2.61. The van der Waals surface area contributed by atoms with E-state index in [1.807, 2.05) is 24.5 Å². The van der Waals surface area contributed by atoms with Crippen molar-refractivity contribution in [2.45, 2.75) is 5.75 Å². The summed E-state index contributed by atoms with van der Waals surface area (Å²) in [4.78, 5) is 24.6. The number of hydrogen-bond acceptors (Lipinski definition) is 3. The van der Waals surface area contributed by atoms with E-state index in [2.05, 4.69) is 5.32 Å². The average Bonchev–Trinajstić information content (AvgIpc) is 2.36. The Labute approximate surface area is 112 Å². The number of hydrogen-bond donors (Lipinski definition) is 1. The highest BCUT2D eigenvalue weighted by molar-refractivity contribution is 7.97. The lowest BCUT2D eigenvalue weighted by atomic mass is 10.1. The van der Waals surface area contributed by atoms with Crippen molar-refractivity contribution < 1.29 is 9.59 Å². The molecular formula is C13H18N2O2S. The fourth-order valence-corrected chi connectivity index (χ4v) is 1.90. The minimum absolute atomic E-state index is 0.0264. The summed E-state index contributed by atoms with van der Waals surface area (Å²) in [6, 6.07) is 7.44. The van der Waals surface area contributed by atoms with Crippen LogP contribution in [0.2, 0.25) is 0 Å². The summed E-state index contributed by atoms with van der Waals surface area (Å²) in [5.74, 6) is 0.536. The molecule has 0 atom stereocenters. The zero-order valence-electron chi connectivity index (χ0n) is 10.9. The molecule has 1 rings (SSSR count). The predicted octanol–water partition coefficient (Wildman–Crippen LogP) is 1.37. The molecular weight excluding hydrogens is 248 g/mol. The summed E-state index contributed by atoms with van der Waals surface area (Å²) >= 11 is 1.70. The van der Waals surface area contributed by atoms with E-state index in [0.29, 0.717) is 5.56 Å². The largest absolute Gasteiger partial charge is 0.347 e. The lowest BCUT2D eigenvalue weighted by molar-refractivity contribution is -0.127. The second-order valence-corrected chi connectivity index (χ2v) is 4.97. The van der Waals surface area contributed by atoms with Crippen LogP contribution >= 0.6 is 11.8 Å². The number of nitrogens with one attached hydrogen (secondary N) is 1. The molecule has 0 saturated heterocycles. The number of nitrogens with zero attached hydrogens (tertiary/aromatic N) is 1. The molecule has 98 valence electrons. The number of carbonyl (C=O) groups excluding carboxylic acids is 2. The molecule has 1 aromatic rings. The minimum Gasteiger partial charge on any atom is -0.347 e. The SMILES string of the molecule is CSCc1cccc(C(=O)NCC(=O)N(C)C)c1. The van der Waals surface area contributed by atoms with E-state index in [4.69, 9.17) is 0 Å². The molecule has 0 saturated carbocycles. The van der Waals surface area contributed by atoms with Gasteiger partial charge in [-0.2, -0.15) is 11.8 Å². The van der Waals surface area contributed by atoms with Gasteiger partial charge in [0.05, 0.1) is 6.54 Å². The van der Waals surface area contributed by atoms with Gasteiger partial charge in [-0.25, -0.2) is 0 Å². The van der Waals surface area contributed by atoms with Gasteiger partial charge in [0.15, 0.2) is 0 Å². The second kappa shape index (κ2) is 7.06. The van der Waals surface area contributed by atoms with Crippen molar-refractivity contribution in [2.24, 2.45) is 0 Å². The molecule has 0 aliphatic heterocycles. The zero-order valence-corrected chi connectivity index (χ0v) is 11.7. The van der Waals surface area contributed by atoms with E-state index in [1.165, 1.54) is 4.90 Å². The summed E-state index contributed by atoms with van der Waals surface area (Å²) in [6.07, 6.45) is 2.02. The topological polar surface area (TPSA) is 49.4 Å². The van der Waals surface area contributed by atoms with Crippen molar-refractivity contribution in [1.82, 2.24) is 10.2 Å². The van der Waals surface area contributed by atoms with Gasteiger partial charge in [-0.15, -0.1) is 0 Å². The summed E-state index contributed by atoms with van der Waals surface area (Å²) in [6.45, 7) is 0.0264. The Morgan fingerprint density at radius 1 is 1.33 bits per heavy atom. The highest BCUT2D eigenvalue weighted by Crippen LogP contribution is 2.11. The third kappa shape index (κ3) is 4.41. The van der Waals surface area contributed by atoms with E-state index < -0.39 is 0 Å². The second-order valence-electron chi connectivity index (χ2n) is 4.10. The van der Waals surface area contributed by atoms with Crippen LogP contribution in [-0.4, -0.2) is 43.6 Å². The Morgan fingerprint density at radius 3 is 2.67 bits per heavy atom. The third-order valence-corrected chi connectivity index (χ3v) is 3.02. The van der Waals surface area contributed by atoms with Gasteiger partial charge < -0.3 is 10.2 Å². The van der Waals surface area contributed by atoms with Crippen molar-refractivity contribution in [3.8, 4) is 0 Å². The average molecular weight is 266 g/mol. The van der Waals surface area contributed by atoms with E-state index in [-0.39, 0.29) is 18.4 Å². The molecule has 0 aliphatic rings. The maximum Gasteiger partial charge on any atom is 0.251 e. The van der Waals surface area contributed by atoms with Crippen LogP contribution in [0.3, 0.4) is 0 Å². The molecule has 0 aliphatic carbocycles. The van der Waals surface area contributed by atoms with Gasteiger partial charge in [-0.3, -0.25) is 9.59 Å². The first-order valence-corrected chi connectivity index (χ1v) is 7.00. The molecule has 0 aromatic heterocycles. The fraction of sp³-hybridized carbons (Fsp3) is 0.385. The van der Waals surface area contributed by atoms with Crippen molar-refractivity contribution in [3.63, 3.8) is 0 Å². The van der Waals surface area contributed by atoms with Crippen LogP contribution in [0.15, 0.2) is 24.3 Å². The normalized spacial score (nSPS) is 9.94. The van der Waals surface area contributed by atoms with Crippen molar-refractivity contribution >= 4 is 23.6 Å². The van der Waals surface area contributed by atoms with Crippen molar-refractivity contribution in [3.05, 3.63) is 35.4 Å². The number of likely N-dealkylation sites (N-methyl/N-ethyl adjacent to an activating group) is 1. The quantitative estimate of drug-likeness (QED) is 0.875. The summed E-state index contributed by atoms with van der Waals surface area (Å²) < 4.78 is 0. The van der Waals surface area contributed by atoms with E-state index in [0.717, 1.165) is 11.3 Å². The van der Waals surface area contributed by atoms with Crippen LogP contribution in [0.4, 0.5) is 0 Å². The first-order chi connectivity index (χ1) is 8.54. The summed E-state index contributed by atoms with van der Waals surface area (Å²) in [7, 11) is 3.32. The standard InChI is InChI=1S/C13H18N2O2S/c1-15(2)12(16)8-14-13(17)11-6-4-5-10(7-11)9-18-3/h4-7H,8-9H2,1-3H3,(H,14,17). The van der Waals surface area contributed by atoms with Crippen LogP contribution in [0.5, 0.6) is 0 Å². The molecule has 1 aromatic carbocycles. The van der Waals surface area contributed by atoms with E-state index in [9.17, 15) is 9.59 Å². The van der Waals surface area contributed by atoms with Crippen molar-refractivity contribution in [2.75, 3.05) is 26.9 Å². The minimum atomic E-state index is -0.215. The maximum absolute atomic E-state index is 11.8. The van der Waals surface area contributed by atoms with Crippen molar-refractivity contribution in [1.29, 1.82) is 0 Å². The predicted molar refractivity (Wildman–Crippen MR) is 74.7 cm³/mol. The molecule has 1 N–H and O–H groups in total. The molecule has 18 heavy (non-hydrogen) atoms. The Bertz CT molecular complexity index is 433. The number of thioether (sulfide) groups is 1. The van der Waals surface area contributed by atoms with Crippen LogP contribution in [0.1, 0.15) is 15.9 Å². The molecule has 4 nitrogen and oxygen atoms in total. The molecule has 0 unspecified atom stereocenters. The van der Waals surface area contributed by atoms with Gasteiger partial charge >= 0.3 is 0 Å². The van der Waals surface area contributed by atoms with Crippen LogP contribution in [0, 0.1) is 0 Å². The first-order valence-electron chi connectivity index (χ1n) is 5.61. The Kier molecular flexibility index (Phi) is 5.71. The highest BCUT2D eigenvalue weighted by atomic mass is 32.2. The van der Waals surface area contributed by atoms with Crippen LogP contribution < -0.4 is 5.32 Å². The lowest BCUT2D eigenvalue weighted by Gasteiger charge is -2.11. The number of carbonyl (C=O) groups is 2. The Hall–Kier alpha value is -1.49. The number of benzene rings is 1. The fourth-order valence-electron chi connectivity index (χ4n) is 1.39. The molecule has 0 radical (unpaired) electrons. The molecule has 2 amide bonds. The van der Waals surface area contributed by atoms with Gasteiger partial charge in [-0.05, 0) is 24.0 Å². The zero-order chi connectivity index (χ0) is 13.5. The molecule has 0 spiro atoms. The Morgan fingerprint density at radius 2 is 2.06 bits per heavy atom. The van der Waals surface area contributed by atoms with Gasteiger partial charge in [0.25, 0.3) is 5.91 Å². The van der Waals surface area contributed by atoms with E-state index >= 15 is 0 Å². The Balaban J connectivity index is 2.61. The van der Waals surface area contributed by atoms with Crippen LogP contribution in [0.25, 0.3) is 0 Å². The molecule has 5 heteroatoms. The summed E-state index contributed by atoms with van der Waals surface area (Å²) in [5.41, 5.74) is 1.70. The van der Waals surface area contributed by atoms with Gasteiger partial charge in [0.2, 0.25) is 5.91 Å². The smallest absolute Gasteiger partial charge is 0.251 e. The lowest BCUT2D eigenvalue weighted by Crippen LogP contribution is -2.36. The van der Waals surface area contributed by atoms with Gasteiger partial charge in [0, 0.05) is 25.4 Å². The van der Waals surface area contributed by atoms with Gasteiger partial charge in [-0.1, -0.05) is 12.1 Å². The molecule has 0 bridgehead atoms. The maximum atomic E-state index is 11.8. The third-order valence-electron chi connectivity index (χ3n) is 2.40. The van der Waals surface area contributed by atoms with Gasteiger partial charge in [0.1, 0.15) is 0 Å².